The summed E-state index contributed by atoms with van der Waals surface area (Å²) in [6.45, 7) is 2.54. The molecule has 0 bridgehead atoms. The van der Waals surface area contributed by atoms with Crippen molar-refractivity contribution in [3.05, 3.63) is 18.2 Å². The van der Waals surface area contributed by atoms with Gasteiger partial charge in [-0.3, -0.25) is 0 Å². The van der Waals surface area contributed by atoms with Gasteiger partial charge in [-0.25, -0.2) is 0 Å². The molecule has 5 heteroatoms. The molecule has 1 aromatic rings. The summed E-state index contributed by atoms with van der Waals surface area (Å²) in [6.07, 6.45) is 5.37. The van der Waals surface area contributed by atoms with Crippen LogP contribution in [0.5, 0.6) is 0 Å². The van der Waals surface area contributed by atoms with Gasteiger partial charge in [0.15, 0.2) is 0 Å². The van der Waals surface area contributed by atoms with E-state index in [0.717, 1.165) is 17.4 Å². The molecular weight excluding hydrogens is 303 g/mol. The molecule has 0 spiro atoms. The van der Waals surface area contributed by atoms with Crippen LogP contribution in [0.1, 0.15) is 25.7 Å². The zero-order valence-electron chi connectivity index (χ0n) is 10.9. The third-order valence-electron chi connectivity index (χ3n) is 4.48. The van der Waals surface area contributed by atoms with E-state index < -0.39 is 0 Å². The number of fused-ring (bicyclic) bond motifs is 2. The van der Waals surface area contributed by atoms with E-state index in [9.17, 15) is 0 Å². The van der Waals surface area contributed by atoms with Crippen molar-refractivity contribution < 1.29 is 0 Å². The molecule has 3 aliphatic rings. The number of nitrogens with zero attached hydrogens (tertiary/aromatic N) is 3. The van der Waals surface area contributed by atoms with Gasteiger partial charge in [0, 0.05) is 0 Å². The molecule has 0 aromatic heterocycles. The maximum absolute atomic E-state index is 4.57. The molecular formula is C14H18N4Se. The van der Waals surface area contributed by atoms with Gasteiger partial charge in [-0.2, -0.15) is 0 Å². The van der Waals surface area contributed by atoms with Crippen LogP contribution in [-0.4, -0.2) is 44.6 Å². The standard InChI is InChI=1S/C14H18N4Se/c1-2-8-18-9-7-10(13(18)6-1)15-11-4-3-5-12-14(11)17-19-16-12/h3-5,10,13,15H,1-2,6-9H2. The fourth-order valence-electron chi connectivity index (χ4n) is 3.54. The fraction of sp³-hybridized carbons (Fsp3) is 0.571. The van der Waals surface area contributed by atoms with Crippen molar-refractivity contribution in [3.8, 4) is 0 Å². The van der Waals surface area contributed by atoms with Crippen molar-refractivity contribution in [1.82, 2.24) is 4.90 Å². The van der Waals surface area contributed by atoms with Gasteiger partial charge in [0.2, 0.25) is 0 Å². The molecule has 2 fully saturated rings. The second-order valence-electron chi connectivity index (χ2n) is 5.58. The molecule has 19 heavy (non-hydrogen) atoms. The second kappa shape index (κ2) is 4.89. The molecule has 0 amide bonds. The molecule has 3 aliphatic heterocycles. The molecule has 1 aromatic carbocycles. The number of benzene rings is 1. The van der Waals surface area contributed by atoms with Crippen LogP contribution in [0.25, 0.3) is 0 Å². The molecule has 0 aliphatic carbocycles. The van der Waals surface area contributed by atoms with E-state index in [4.69, 9.17) is 0 Å². The van der Waals surface area contributed by atoms with Crippen LogP contribution in [0.2, 0.25) is 0 Å². The molecule has 2 atom stereocenters. The first kappa shape index (κ1) is 11.9. The van der Waals surface area contributed by atoms with Crippen LogP contribution in [-0.2, 0) is 0 Å². The Labute approximate surface area is 119 Å². The third kappa shape index (κ3) is 2.10. The van der Waals surface area contributed by atoms with E-state index in [0.29, 0.717) is 6.04 Å². The monoisotopic (exact) mass is 322 g/mol. The summed E-state index contributed by atoms with van der Waals surface area (Å²) < 4.78 is 9.03. The zero-order valence-corrected chi connectivity index (χ0v) is 12.6. The average Bonchev–Trinajstić information content (AvgIpc) is 3.06. The topological polar surface area (TPSA) is 40.0 Å². The van der Waals surface area contributed by atoms with Gasteiger partial charge >= 0.3 is 119 Å². The number of piperidine rings is 1. The quantitative estimate of drug-likeness (QED) is 0.864. The number of hydrogen-bond acceptors (Lipinski definition) is 4. The van der Waals surface area contributed by atoms with Crippen molar-refractivity contribution >= 4 is 31.6 Å². The van der Waals surface area contributed by atoms with Crippen LogP contribution in [0, 0.1) is 0 Å². The van der Waals surface area contributed by atoms with Crippen molar-refractivity contribution in [2.45, 2.75) is 37.8 Å². The Morgan fingerprint density at radius 3 is 3.16 bits per heavy atom. The van der Waals surface area contributed by atoms with Crippen molar-refractivity contribution in [1.29, 1.82) is 0 Å². The number of anilines is 1. The Morgan fingerprint density at radius 1 is 1.16 bits per heavy atom. The Kier molecular flexibility index (Phi) is 3.06. The van der Waals surface area contributed by atoms with E-state index in [-0.39, 0.29) is 14.6 Å². The average molecular weight is 321 g/mol. The van der Waals surface area contributed by atoms with Gasteiger partial charge < -0.3 is 0 Å². The van der Waals surface area contributed by atoms with Crippen molar-refractivity contribution in [2.75, 3.05) is 18.4 Å². The van der Waals surface area contributed by atoms with Gasteiger partial charge in [0.25, 0.3) is 0 Å². The Balaban J connectivity index is 1.56. The molecule has 1 N–H and O–H groups in total. The van der Waals surface area contributed by atoms with E-state index in [1.54, 1.807) is 0 Å². The molecule has 2 saturated heterocycles. The molecule has 4 rings (SSSR count). The Hall–Kier alpha value is -0.901. The zero-order chi connectivity index (χ0) is 12.7. The summed E-state index contributed by atoms with van der Waals surface area (Å²) in [6, 6.07) is 7.64. The van der Waals surface area contributed by atoms with Gasteiger partial charge in [-0.1, -0.05) is 0 Å². The van der Waals surface area contributed by atoms with Crippen LogP contribution in [0.3, 0.4) is 0 Å². The van der Waals surface area contributed by atoms with E-state index in [1.165, 1.54) is 44.5 Å². The molecule has 2 unspecified atom stereocenters. The minimum atomic E-state index is 0.0622. The van der Waals surface area contributed by atoms with Gasteiger partial charge in [0.1, 0.15) is 0 Å². The molecule has 4 nitrogen and oxygen atoms in total. The molecule has 0 radical (unpaired) electrons. The number of hydrogen-bond donors (Lipinski definition) is 1. The van der Waals surface area contributed by atoms with Crippen LogP contribution < -0.4 is 5.32 Å². The van der Waals surface area contributed by atoms with Gasteiger partial charge in [-0.15, -0.1) is 0 Å². The maximum atomic E-state index is 4.57. The summed E-state index contributed by atoms with van der Waals surface area (Å²) in [4.78, 5) is 2.66. The first-order chi connectivity index (χ1) is 9.42. The second-order valence-corrected chi connectivity index (χ2v) is 6.68. The summed E-state index contributed by atoms with van der Waals surface area (Å²) in [5.41, 5.74) is 3.36. The SMILES string of the molecule is c1cc2c(c(NC3CCN4CCCCC34)c1)N=[Se]=N2. The summed E-state index contributed by atoms with van der Waals surface area (Å²) >= 11 is 0.0622. The third-order valence-corrected chi connectivity index (χ3v) is 5.62. The predicted molar refractivity (Wildman–Crippen MR) is 77.6 cm³/mol. The number of nitrogens with one attached hydrogen (secondary N) is 1. The van der Waals surface area contributed by atoms with E-state index >= 15 is 0 Å². The molecule has 100 valence electrons. The number of rotatable bonds is 2. The van der Waals surface area contributed by atoms with Crippen LogP contribution >= 0.6 is 0 Å². The summed E-state index contributed by atoms with van der Waals surface area (Å²) in [5, 5.41) is 3.76. The van der Waals surface area contributed by atoms with Crippen LogP contribution in [0.4, 0.5) is 17.1 Å². The van der Waals surface area contributed by atoms with E-state index in [1.807, 2.05) is 0 Å². The summed E-state index contributed by atoms with van der Waals surface area (Å²) in [7, 11) is 0. The van der Waals surface area contributed by atoms with Gasteiger partial charge in [-0.05, 0) is 0 Å². The molecule has 3 heterocycles. The normalized spacial score (nSPS) is 28.8. The Bertz CT molecular complexity index is 565. The van der Waals surface area contributed by atoms with Crippen molar-refractivity contribution in [2.24, 2.45) is 7.92 Å². The van der Waals surface area contributed by atoms with E-state index in [2.05, 4.69) is 36.3 Å². The van der Waals surface area contributed by atoms with Gasteiger partial charge in [0.05, 0.1) is 0 Å². The molecule has 0 saturated carbocycles. The van der Waals surface area contributed by atoms with Crippen LogP contribution in [0.15, 0.2) is 26.1 Å². The Morgan fingerprint density at radius 2 is 2.16 bits per heavy atom. The predicted octanol–water partition coefficient (Wildman–Crippen LogP) is 3.07. The fourth-order valence-corrected chi connectivity index (χ4v) is 4.69. The minimum absolute atomic E-state index is 0.0622. The first-order valence-electron chi connectivity index (χ1n) is 7.14. The first-order valence-corrected chi connectivity index (χ1v) is 8.67. The van der Waals surface area contributed by atoms with Crippen molar-refractivity contribution in [3.63, 3.8) is 0 Å². The summed E-state index contributed by atoms with van der Waals surface area (Å²) in [5.74, 6) is 0.